The summed E-state index contributed by atoms with van der Waals surface area (Å²) in [5.41, 5.74) is 1.04. The summed E-state index contributed by atoms with van der Waals surface area (Å²) in [7, 11) is -3.42. The Bertz CT molecular complexity index is 524. The van der Waals surface area contributed by atoms with Gasteiger partial charge in [0.05, 0.1) is 11.0 Å². The van der Waals surface area contributed by atoms with E-state index in [2.05, 4.69) is 0 Å². The summed E-state index contributed by atoms with van der Waals surface area (Å²) in [5.74, 6) is 0.0361. The average molecular weight is 283 g/mol. The molecule has 5 heteroatoms. The van der Waals surface area contributed by atoms with Crippen molar-refractivity contribution in [3.05, 3.63) is 29.8 Å². The third kappa shape index (κ3) is 2.99. The van der Waals surface area contributed by atoms with Gasteiger partial charge in [-0.15, -0.1) is 0 Å². The predicted octanol–water partition coefficient (Wildman–Crippen LogP) is 1.78. The maximum Gasteiger partial charge on any atom is 0.243 e. The van der Waals surface area contributed by atoms with Gasteiger partial charge in [-0.2, -0.15) is 4.31 Å². The molecule has 1 aromatic carbocycles. The fourth-order valence-electron chi connectivity index (χ4n) is 2.47. The molecule has 0 saturated carbocycles. The second-order valence-corrected chi connectivity index (χ2v) is 7.14. The van der Waals surface area contributed by atoms with Crippen molar-refractivity contribution in [2.45, 2.75) is 37.7 Å². The molecule has 0 aromatic heterocycles. The van der Waals surface area contributed by atoms with Crippen LogP contribution in [0.15, 0.2) is 29.2 Å². The highest BCUT2D eigenvalue weighted by atomic mass is 32.2. The molecule has 0 radical (unpaired) electrons. The van der Waals surface area contributed by atoms with E-state index in [0.717, 1.165) is 12.0 Å². The monoisotopic (exact) mass is 283 g/mol. The molecule has 1 saturated heterocycles. The van der Waals surface area contributed by atoms with E-state index in [1.165, 1.54) is 4.31 Å². The first-order valence-electron chi connectivity index (χ1n) is 6.70. The second-order valence-electron chi connectivity index (χ2n) is 5.20. The molecule has 1 aliphatic rings. The standard InChI is InChI=1S/C14H21NO3S/c1-3-12-10-15(9-8-14(12)16)19(17,18)13-6-4-11(2)5-7-13/h4-7,12,14,16H,3,8-10H2,1-2H3. The molecule has 0 bridgehead atoms. The molecule has 106 valence electrons. The lowest BCUT2D eigenvalue weighted by molar-refractivity contribution is 0.0521. The molecular formula is C14H21NO3S. The van der Waals surface area contributed by atoms with Gasteiger partial charge >= 0.3 is 0 Å². The summed E-state index contributed by atoms with van der Waals surface area (Å²) < 4.78 is 26.5. The molecular weight excluding hydrogens is 262 g/mol. The zero-order valence-corrected chi connectivity index (χ0v) is 12.2. The third-order valence-corrected chi connectivity index (χ3v) is 5.72. The Morgan fingerprint density at radius 1 is 1.32 bits per heavy atom. The van der Waals surface area contributed by atoms with E-state index in [9.17, 15) is 13.5 Å². The van der Waals surface area contributed by atoms with E-state index in [1.54, 1.807) is 12.1 Å². The first kappa shape index (κ1) is 14.5. The van der Waals surface area contributed by atoms with Crippen LogP contribution < -0.4 is 0 Å². The molecule has 19 heavy (non-hydrogen) atoms. The normalized spacial score (nSPS) is 25.4. The summed E-state index contributed by atoms with van der Waals surface area (Å²) in [6.45, 7) is 4.72. The number of nitrogens with zero attached hydrogens (tertiary/aromatic N) is 1. The molecule has 1 aromatic rings. The number of rotatable bonds is 3. The van der Waals surface area contributed by atoms with Crippen LogP contribution in [0, 0.1) is 12.8 Å². The van der Waals surface area contributed by atoms with Gasteiger partial charge in [-0.05, 0) is 37.8 Å². The number of piperidine rings is 1. The van der Waals surface area contributed by atoms with Crippen molar-refractivity contribution in [1.82, 2.24) is 4.31 Å². The quantitative estimate of drug-likeness (QED) is 0.920. The van der Waals surface area contributed by atoms with Crippen LogP contribution in [0.3, 0.4) is 0 Å². The van der Waals surface area contributed by atoms with Crippen LogP contribution in [-0.2, 0) is 10.0 Å². The molecule has 2 unspecified atom stereocenters. The minimum absolute atomic E-state index is 0.0361. The van der Waals surface area contributed by atoms with Gasteiger partial charge in [0.1, 0.15) is 0 Å². The van der Waals surface area contributed by atoms with Crippen molar-refractivity contribution < 1.29 is 13.5 Å². The highest BCUT2D eigenvalue weighted by molar-refractivity contribution is 7.89. The van der Waals surface area contributed by atoms with Crippen molar-refractivity contribution >= 4 is 10.0 Å². The molecule has 0 spiro atoms. The van der Waals surface area contributed by atoms with Gasteiger partial charge in [0.2, 0.25) is 10.0 Å². The van der Waals surface area contributed by atoms with E-state index in [1.807, 2.05) is 26.0 Å². The Balaban J connectivity index is 2.23. The van der Waals surface area contributed by atoms with Gasteiger partial charge in [-0.1, -0.05) is 24.6 Å². The highest BCUT2D eigenvalue weighted by Crippen LogP contribution is 2.25. The minimum atomic E-state index is -3.42. The van der Waals surface area contributed by atoms with Gasteiger partial charge < -0.3 is 5.11 Å². The molecule has 4 nitrogen and oxygen atoms in total. The van der Waals surface area contributed by atoms with E-state index < -0.39 is 10.0 Å². The molecule has 2 atom stereocenters. The SMILES string of the molecule is CCC1CN(S(=O)(=O)c2ccc(C)cc2)CCC1O. The second kappa shape index (κ2) is 5.61. The van der Waals surface area contributed by atoms with E-state index >= 15 is 0 Å². The van der Waals surface area contributed by atoms with Crippen molar-refractivity contribution in [1.29, 1.82) is 0 Å². The van der Waals surface area contributed by atoms with Crippen LogP contribution in [0.1, 0.15) is 25.3 Å². The first-order chi connectivity index (χ1) is 8.95. The van der Waals surface area contributed by atoms with E-state index in [0.29, 0.717) is 24.4 Å². The summed E-state index contributed by atoms with van der Waals surface area (Å²) in [6.07, 6.45) is 0.930. The molecule has 0 amide bonds. The lowest BCUT2D eigenvalue weighted by Gasteiger charge is -2.34. The Morgan fingerprint density at radius 2 is 1.95 bits per heavy atom. The molecule has 1 aliphatic heterocycles. The largest absolute Gasteiger partial charge is 0.393 e. The van der Waals surface area contributed by atoms with Gasteiger partial charge in [0.25, 0.3) is 0 Å². The molecule has 2 rings (SSSR count). The number of aliphatic hydroxyl groups is 1. The smallest absolute Gasteiger partial charge is 0.243 e. The van der Waals surface area contributed by atoms with Crippen molar-refractivity contribution in [3.8, 4) is 0 Å². The van der Waals surface area contributed by atoms with Crippen molar-refractivity contribution in [2.24, 2.45) is 5.92 Å². The van der Waals surface area contributed by atoms with Gasteiger partial charge in [-0.25, -0.2) is 8.42 Å². The van der Waals surface area contributed by atoms with Crippen molar-refractivity contribution in [3.63, 3.8) is 0 Å². The Morgan fingerprint density at radius 3 is 2.53 bits per heavy atom. The fourth-order valence-corrected chi connectivity index (χ4v) is 3.98. The molecule has 1 heterocycles. The highest BCUT2D eigenvalue weighted by Gasteiger charge is 2.33. The van der Waals surface area contributed by atoms with Crippen LogP contribution >= 0.6 is 0 Å². The summed E-state index contributed by atoms with van der Waals surface area (Å²) >= 11 is 0. The fraction of sp³-hybridized carbons (Fsp3) is 0.571. The summed E-state index contributed by atoms with van der Waals surface area (Å²) in [6, 6.07) is 6.92. The lowest BCUT2D eigenvalue weighted by atomic mass is 9.94. The topological polar surface area (TPSA) is 57.6 Å². The zero-order chi connectivity index (χ0) is 14.0. The number of benzene rings is 1. The third-order valence-electron chi connectivity index (χ3n) is 3.84. The number of aryl methyl sites for hydroxylation is 1. The minimum Gasteiger partial charge on any atom is -0.393 e. The van der Waals surface area contributed by atoms with Crippen LogP contribution in [0.5, 0.6) is 0 Å². The maximum atomic E-state index is 12.5. The van der Waals surface area contributed by atoms with E-state index in [-0.39, 0.29) is 12.0 Å². The summed E-state index contributed by atoms with van der Waals surface area (Å²) in [5, 5.41) is 9.84. The molecule has 1 N–H and O–H groups in total. The Labute approximate surface area is 115 Å². The van der Waals surface area contributed by atoms with Gasteiger partial charge in [0, 0.05) is 13.1 Å². The van der Waals surface area contributed by atoms with Crippen molar-refractivity contribution in [2.75, 3.05) is 13.1 Å². The van der Waals surface area contributed by atoms with Crippen LogP contribution in [0.2, 0.25) is 0 Å². The number of aliphatic hydroxyl groups excluding tert-OH is 1. The van der Waals surface area contributed by atoms with E-state index in [4.69, 9.17) is 0 Å². The number of hydrogen-bond acceptors (Lipinski definition) is 3. The molecule has 1 fully saturated rings. The zero-order valence-electron chi connectivity index (χ0n) is 11.4. The van der Waals surface area contributed by atoms with Crippen LogP contribution in [0.4, 0.5) is 0 Å². The first-order valence-corrected chi connectivity index (χ1v) is 8.14. The van der Waals surface area contributed by atoms with Crippen LogP contribution in [-0.4, -0.2) is 37.0 Å². The van der Waals surface area contributed by atoms with Crippen LogP contribution in [0.25, 0.3) is 0 Å². The summed E-state index contributed by atoms with van der Waals surface area (Å²) in [4.78, 5) is 0.337. The maximum absolute atomic E-state index is 12.5. The van der Waals surface area contributed by atoms with Gasteiger partial charge in [-0.3, -0.25) is 0 Å². The predicted molar refractivity (Wildman–Crippen MR) is 74.3 cm³/mol. The lowest BCUT2D eigenvalue weighted by Crippen LogP contribution is -2.45. The number of sulfonamides is 1. The average Bonchev–Trinajstić information content (AvgIpc) is 2.39. The van der Waals surface area contributed by atoms with Gasteiger partial charge in [0.15, 0.2) is 0 Å². The number of hydrogen-bond donors (Lipinski definition) is 1. The Hall–Kier alpha value is -0.910. The Kier molecular flexibility index (Phi) is 4.28. The molecule has 0 aliphatic carbocycles.